The predicted molar refractivity (Wildman–Crippen MR) is 114 cm³/mol. The number of hydrogen-bond acceptors (Lipinski definition) is 5. The van der Waals surface area contributed by atoms with E-state index in [1.54, 1.807) is 12.4 Å². The Labute approximate surface area is 172 Å². The van der Waals surface area contributed by atoms with E-state index >= 15 is 0 Å². The van der Waals surface area contributed by atoms with E-state index in [2.05, 4.69) is 26.8 Å². The summed E-state index contributed by atoms with van der Waals surface area (Å²) in [5.41, 5.74) is 3.42. The van der Waals surface area contributed by atoms with Crippen molar-refractivity contribution in [3.8, 4) is 5.75 Å². The molecule has 2 heterocycles. The highest BCUT2D eigenvalue weighted by molar-refractivity contribution is 5.95. The van der Waals surface area contributed by atoms with Crippen LogP contribution in [0, 0.1) is 39.0 Å². The molecule has 1 saturated carbocycles. The molecule has 1 amide bonds. The number of carbonyl (C=O) groups excluding carboxylic acids is 1. The number of hydrogen-bond donors (Lipinski definition) is 1. The fraction of sp³-hybridized carbons (Fsp3) is 0.391. The van der Waals surface area contributed by atoms with Crippen molar-refractivity contribution in [2.75, 3.05) is 11.9 Å². The summed E-state index contributed by atoms with van der Waals surface area (Å²) in [6, 6.07) is 1.89. The third kappa shape index (κ3) is 4.36. The number of aryl methyl sites for hydroxylation is 4. The van der Waals surface area contributed by atoms with Gasteiger partial charge in [-0.1, -0.05) is 18.7 Å². The van der Waals surface area contributed by atoms with Gasteiger partial charge in [0.2, 0.25) is 5.91 Å². The van der Waals surface area contributed by atoms with Gasteiger partial charge in [-0.05, 0) is 63.8 Å². The number of allylic oxidation sites excluding steroid dienone is 2. The molecule has 1 fully saturated rings. The minimum atomic E-state index is -0.437. The first-order valence-corrected chi connectivity index (χ1v) is 9.76. The molecule has 1 unspecified atom stereocenters. The molecule has 2 aromatic heterocycles. The molecule has 0 aromatic carbocycles. The maximum Gasteiger partial charge on any atom is 0.229 e. The Hall–Kier alpha value is -3.02. The Balaban J connectivity index is 1.75. The molecule has 2 aromatic rings. The average Bonchev–Trinajstić information content (AvgIpc) is 3.40. The molecule has 29 heavy (non-hydrogen) atoms. The number of pyridine rings is 1. The van der Waals surface area contributed by atoms with Gasteiger partial charge in [-0.3, -0.25) is 4.79 Å². The number of anilines is 1. The van der Waals surface area contributed by atoms with Crippen LogP contribution in [0.1, 0.15) is 36.0 Å². The molecule has 6 heteroatoms. The number of nitrogens with one attached hydrogen (secondary N) is 1. The highest BCUT2D eigenvalue weighted by Gasteiger charge is 2.60. The Morgan fingerprint density at radius 2 is 2.03 bits per heavy atom. The first kappa shape index (κ1) is 20.7. The molecule has 3 rings (SSSR count). The highest BCUT2D eigenvalue weighted by atomic mass is 16.5. The second kappa shape index (κ2) is 8.15. The molecule has 1 aliphatic carbocycles. The molecule has 0 aliphatic heterocycles. The smallest absolute Gasteiger partial charge is 0.229 e. The largest absolute Gasteiger partial charge is 0.489 e. The number of rotatable bonds is 7. The van der Waals surface area contributed by atoms with E-state index in [4.69, 9.17) is 4.74 Å². The van der Waals surface area contributed by atoms with Crippen LogP contribution in [-0.2, 0) is 4.79 Å². The van der Waals surface area contributed by atoms with Gasteiger partial charge in [-0.15, -0.1) is 0 Å². The molecule has 1 N–H and O–H groups in total. The van der Waals surface area contributed by atoms with Crippen LogP contribution in [0.15, 0.2) is 42.8 Å². The summed E-state index contributed by atoms with van der Waals surface area (Å²) < 4.78 is 6.04. The summed E-state index contributed by atoms with van der Waals surface area (Å²) in [6.07, 6.45) is 8.01. The Kier molecular flexibility index (Phi) is 5.82. The second-order valence-corrected chi connectivity index (χ2v) is 7.74. The van der Waals surface area contributed by atoms with E-state index in [-0.39, 0.29) is 11.8 Å². The molecular weight excluding hydrogens is 364 g/mol. The maximum absolute atomic E-state index is 12.9. The lowest BCUT2D eigenvalue weighted by atomic mass is 9.94. The van der Waals surface area contributed by atoms with Gasteiger partial charge >= 0.3 is 0 Å². The minimum absolute atomic E-state index is 0.0631. The Morgan fingerprint density at radius 3 is 2.69 bits per heavy atom. The van der Waals surface area contributed by atoms with Crippen LogP contribution in [0.4, 0.5) is 5.82 Å². The third-order valence-electron chi connectivity index (χ3n) is 5.56. The van der Waals surface area contributed by atoms with Crippen molar-refractivity contribution < 1.29 is 9.53 Å². The summed E-state index contributed by atoms with van der Waals surface area (Å²) in [5.74, 6) is 1.62. The molecule has 0 radical (unpaired) electrons. The fourth-order valence-corrected chi connectivity index (χ4v) is 3.45. The normalized spacial score (nSPS) is 20.5. The molecule has 6 nitrogen and oxygen atoms in total. The van der Waals surface area contributed by atoms with Crippen molar-refractivity contribution >= 4 is 11.7 Å². The van der Waals surface area contributed by atoms with E-state index < -0.39 is 5.41 Å². The van der Waals surface area contributed by atoms with E-state index in [1.165, 1.54) is 0 Å². The fourth-order valence-electron chi connectivity index (χ4n) is 3.45. The van der Waals surface area contributed by atoms with Gasteiger partial charge in [0.05, 0.1) is 24.4 Å². The van der Waals surface area contributed by atoms with E-state index in [0.29, 0.717) is 30.4 Å². The summed E-state index contributed by atoms with van der Waals surface area (Å²) >= 11 is 0. The summed E-state index contributed by atoms with van der Waals surface area (Å²) in [7, 11) is 0. The third-order valence-corrected chi connectivity index (χ3v) is 5.56. The zero-order valence-corrected chi connectivity index (χ0v) is 17.7. The lowest BCUT2D eigenvalue weighted by Crippen LogP contribution is -2.25. The summed E-state index contributed by atoms with van der Waals surface area (Å²) in [6.45, 7) is 14.2. The lowest BCUT2D eigenvalue weighted by molar-refractivity contribution is -0.118. The van der Waals surface area contributed by atoms with Crippen LogP contribution in [0.25, 0.3) is 0 Å². The van der Waals surface area contributed by atoms with E-state index in [9.17, 15) is 4.79 Å². The van der Waals surface area contributed by atoms with Crippen molar-refractivity contribution in [1.29, 1.82) is 0 Å². The first-order valence-electron chi connectivity index (χ1n) is 9.76. The zero-order valence-electron chi connectivity index (χ0n) is 17.7. The maximum atomic E-state index is 12.9. The standard InChI is InChI=1S/C23H28N4O2/c1-7-8-16(4)23(13-29-20-12-24-18(6)26-17(20)5)10-19(23)22(28)27-21-9-14(2)15(3)11-25-21/h7-9,11-12,19H,4,10,13H2,1-3,5-6H3,(H,25,27,28)/b8-7-/t19?,23-/m1/s1. The SMILES string of the molecule is C=C(/C=C\C)[C@]1(COc2cnc(C)nc2C)CC1C(=O)Nc1cc(C)c(C)cn1. The zero-order chi connectivity index (χ0) is 21.2. The molecule has 0 spiro atoms. The first-order chi connectivity index (χ1) is 13.8. The van der Waals surface area contributed by atoms with Crippen molar-refractivity contribution in [3.63, 3.8) is 0 Å². The predicted octanol–water partition coefficient (Wildman–Crippen LogP) is 4.26. The topological polar surface area (TPSA) is 77.0 Å². The minimum Gasteiger partial charge on any atom is -0.489 e. The Morgan fingerprint density at radius 1 is 1.28 bits per heavy atom. The molecule has 1 aliphatic rings. The quantitative estimate of drug-likeness (QED) is 0.713. The molecular formula is C23H28N4O2. The van der Waals surface area contributed by atoms with Crippen LogP contribution in [0.2, 0.25) is 0 Å². The number of ether oxygens (including phenoxy) is 1. The number of amides is 1. The second-order valence-electron chi connectivity index (χ2n) is 7.74. The van der Waals surface area contributed by atoms with Crippen LogP contribution in [-0.4, -0.2) is 27.5 Å². The highest BCUT2D eigenvalue weighted by Crippen LogP contribution is 2.58. The average molecular weight is 393 g/mol. The molecule has 152 valence electrons. The van der Waals surface area contributed by atoms with Crippen LogP contribution >= 0.6 is 0 Å². The number of nitrogens with zero attached hydrogens (tertiary/aromatic N) is 3. The lowest BCUT2D eigenvalue weighted by Gasteiger charge is -2.19. The molecule has 0 bridgehead atoms. The summed E-state index contributed by atoms with van der Waals surface area (Å²) in [5, 5.41) is 2.95. The molecule has 0 saturated heterocycles. The van der Waals surface area contributed by atoms with Crippen molar-refractivity contribution in [2.45, 2.75) is 41.0 Å². The van der Waals surface area contributed by atoms with Gasteiger partial charge in [0.15, 0.2) is 5.75 Å². The van der Waals surface area contributed by atoms with Gasteiger partial charge in [0, 0.05) is 11.6 Å². The van der Waals surface area contributed by atoms with Crippen molar-refractivity contribution in [2.24, 2.45) is 11.3 Å². The van der Waals surface area contributed by atoms with Gasteiger partial charge in [0.1, 0.15) is 11.6 Å². The Bertz CT molecular complexity index is 983. The van der Waals surface area contributed by atoms with Gasteiger partial charge in [-0.2, -0.15) is 0 Å². The van der Waals surface area contributed by atoms with Crippen LogP contribution in [0.5, 0.6) is 5.75 Å². The van der Waals surface area contributed by atoms with E-state index in [1.807, 2.05) is 52.8 Å². The monoisotopic (exact) mass is 392 g/mol. The summed E-state index contributed by atoms with van der Waals surface area (Å²) in [4.78, 5) is 25.8. The molecule has 2 atom stereocenters. The van der Waals surface area contributed by atoms with Crippen molar-refractivity contribution in [3.05, 3.63) is 65.4 Å². The van der Waals surface area contributed by atoms with Crippen molar-refractivity contribution in [1.82, 2.24) is 15.0 Å². The van der Waals surface area contributed by atoms with Gasteiger partial charge < -0.3 is 10.1 Å². The van der Waals surface area contributed by atoms with Crippen LogP contribution < -0.4 is 10.1 Å². The van der Waals surface area contributed by atoms with E-state index in [0.717, 1.165) is 22.4 Å². The van der Waals surface area contributed by atoms with Gasteiger partial charge in [-0.25, -0.2) is 15.0 Å². The van der Waals surface area contributed by atoms with Crippen LogP contribution in [0.3, 0.4) is 0 Å². The number of aromatic nitrogens is 3. The van der Waals surface area contributed by atoms with Gasteiger partial charge in [0.25, 0.3) is 0 Å². The number of carbonyl (C=O) groups is 1.